The molecule has 1 fully saturated rings. The highest BCUT2D eigenvalue weighted by atomic mass is 35.5. The van der Waals surface area contributed by atoms with E-state index in [1.54, 1.807) is 0 Å². The minimum Gasteiger partial charge on any atom is -0.327 e. The molecule has 3 rings (SSSR count). The lowest BCUT2D eigenvalue weighted by atomic mass is 9.82. The Labute approximate surface area is 130 Å². The van der Waals surface area contributed by atoms with E-state index in [1.165, 1.54) is 25.7 Å². The molecule has 0 spiro atoms. The molecule has 0 bridgehead atoms. The standard InChI is InChI=1S/C17H20ClN3/c1-12-4-2-5-13(8-12)11-21-15-7-3-6-14(10-19)17(15)20-16(21)9-18/h3,6-7,12-13H,2,4-5,8-9,11H2,1H3. The first-order valence-electron chi connectivity index (χ1n) is 7.67. The van der Waals surface area contributed by atoms with Gasteiger partial charge in [0.05, 0.1) is 17.0 Å². The SMILES string of the molecule is CC1CCCC(Cn2c(CCl)nc3c(C#N)cccc32)C1. The zero-order valence-corrected chi connectivity index (χ0v) is 13.1. The number of imidazole rings is 1. The van der Waals surface area contributed by atoms with Crippen molar-refractivity contribution in [2.24, 2.45) is 11.8 Å². The van der Waals surface area contributed by atoms with E-state index in [4.69, 9.17) is 11.6 Å². The van der Waals surface area contributed by atoms with Crippen LogP contribution in [0.5, 0.6) is 0 Å². The van der Waals surface area contributed by atoms with Crippen LogP contribution in [0.4, 0.5) is 0 Å². The third kappa shape index (κ3) is 2.78. The lowest BCUT2D eigenvalue weighted by molar-refractivity contribution is 0.257. The topological polar surface area (TPSA) is 41.6 Å². The summed E-state index contributed by atoms with van der Waals surface area (Å²) in [5.41, 5.74) is 2.47. The van der Waals surface area contributed by atoms with Gasteiger partial charge in [-0.1, -0.05) is 25.8 Å². The Kier molecular flexibility index (Phi) is 4.17. The molecule has 4 heteroatoms. The molecule has 21 heavy (non-hydrogen) atoms. The summed E-state index contributed by atoms with van der Waals surface area (Å²) < 4.78 is 2.23. The molecule has 2 aromatic rings. The van der Waals surface area contributed by atoms with Gasteiger partial charge in [-0.15, -0.1) is 11.6 Å². The second-order valence-corrected chi connectivity index (χ2v) is 6.46. The van der Waals surface area contributed by atoms with Gasteiger partial charge in [0.25, 0.3) is 0 Å². The maximum Gasteiger partial charge on any atom is 0.124 e. The van der Waals surface area contributed by atoms with Gasteiger partial charge in [-0.2, -0.15) is 5.26 Å². The van der Waals surface area contributed by atoms with Crippen molar-refractivity contribution in [2.75, 3.05) is 0 Å². The number of rotatable bonds is 3. The van der Waals surface area contributed by atoms with Gasteiger partial charge in [0.1, 0.15) is 17.4 Å². The summed E-state index contributed by atoms with van der Waals surface area (Å²) in [5.74, 6) is 2.78. The van der Waals surface area contributed by atoms with Crippen LogP contribution >= 0.6 is 11.6 Å². The van der Waals surface area contributed by atoms with E-state index >= 15 is 0 Å². The number of nitriles is 1. The quantitative estimate of drug-likeness (QED) is 0.785. The lowest BCUT2D eigenvalue weighted by Crippen LogP contribution is -2.19. The van der Waals surface area contributed by atoms with E-state index in [0.29, 0.717) is 17.4 Å². The second-order valence-electron chi connectivity index (χ2n) is 6.20. The molecule has 1 aromatic heterocycles. The third-order valence-electron chi connectivity index (χ3n) is 4.58. The molecule has 0 aliphatic heterocycles. The minimum atomic E-state index is 0.391. The highest BCUT2D eigenvalue weighted by Crippen LogP contribution is 2.31. The first-order chi connectivity index (χ1) is 10.2. The van der Waals surface area contributed by atoms with E-state index in [-0.39, 0.29) is 0 Å². The summed E-state index contributed by atoms with van der Waals surface area (Å²) in [4.78, 5) is 4.59. The Bertz CT molecular complexity index is 683. The van der Waals surface area contributed by atoms with Crippen LogP contribution in [0.15, 0.2) is 18.2 Å². The third-order valence-corrected chi connectivity index (χ3v) is 4.82. The average Bonchev–Trinajstić information content (AvgIpc) is 2.85. The average molecular weight is 302 g/mol. The second kappa shape index (κ2) is 6.07. The predicted molar refractivity (Wildman–Crippen MR) is 85.1 cm³/mol. The summed E-state index contributed by atoms with van der Waals surface area (Å²) in [6.07, 6.45) is 5.23. The molecule has 1 aliphatic rings. The van der Waals surface area contributed by atoms with Gasteiger partial charge < -0.3 is 4.57 Å². The van der Waals surface area contributed by atoms with Crippen LogP contribution in [0.25, 0.3) is 11.0 Å². The van der Waals surface area contributed by atoms with E-state index in [0.717, 1.165) is 29.3 Å². The van der Waals surface area contributed by atoms with Crippen molar-refractivity contribution in [1.29, 1.82) is 5.26 Å². The van der Waals surface area contributed by atoms with Crippen molar-refractivity contribution >= 4 is 22.6 Å². The molecule has 2 atom stereocenters. The van der Waals surface area contributed by atoms with Crippen molar-refractivity contribution in [3.8, 4) is 6.07 Å². The number of aromatic nitrogens is 2. The molecule has 0 amide bonds. The number of para-hydroxylation sites is 1. The summed E-state index contributed by atoms with van der Waals surface area (Å²) in [6, 6.07) is 8.02. The van der Waals surface area contributed by atoms with Crippen LogP contribution in [0.3, 0.4) is 0 Å². The van der Waals surface area contributed by atoms with E-state index < -0.39 is 0 Å². The molecule has 2 unspecified atom stereocenters. The molecule has 0 saturated heterocycles. The van der Waals surface area contributed by atoms with Crippen LogP contribution in [0.1, 0.15) is 44.0 Å². The highest BCUT2D eigenvalue weighted by molar-refractivity contribution is 6.16. The number of nitrogens with zero attached hydrogens (tertiary/aromatic N) is 3. The number of halogens is 1. The fourth-order valence-corrected chi connectivity index (χ4v) is 3.78. The fraction of sp³-hybridized carbons (Fsp3) is 0.529. The fourth-order valence-electron chi connectivity index (χ4n) is 3.57. The largest absolute Gasteiger partial charge is 0.327 e. The number of benzene rings is 1. The van der Waals surface area contributed by atoms with Crippen molar-refractivity contribution in [2.45, 2.75) is 45.0 Å². The molecule has 1 saturated carbocycles. The van der Waals surface area contributed by atoms with Gasteiger partial charge in [-0.25, -0.2) is 4.98 Å². The van der Waals surface area contributed by atoms with E-state index in [9.17, 15) is 5.26 Å². The number of alkyl halides is 1. The Morgan fingerprint density at radius 2 is 2.29 bits per heavy atom. The Morgan fingerprint density at radius 1 is 1.43 bits per heavy atom. The normalized spacial score (nSPS) is 22.3. The molecule has 3 nitrogen and oxygen atoms in total. The van der Waals surface area contributed by atoms with E-state index in [1.807, 2.05) is 18.2 Å². The Hall–Kier alpha value is -1.53. The molecule has 1 aliphatic carbocycles. The van der Waals surface area contributed by atoms with Crippen LogP contribution in [-0.4, -0.2) is 9.55 Å². The molecule has 1 heterocycles. The van der Waals surface area contributed by atoms with Crippen molar-refractivity contribution < 1.29 is 0 Å². The summed E-state index contributed by atoms with van der Waals surface area (Å²) >= 11 is 6.08. The summed E-state index contributed by atoms with van der Waals surface area (Å²) in [7, 11) is 0. The number of hydrogen-bond donors (Lipinski definition) is 0. The number of hydrogen-bond acceptors (Lipinski definition) is 2. The monoisotopic (exact) mass is 301 g/mol. The molecule has 110 valence electrons. The highest BCUT2D eigenvalue weighted by Gasteiger charge is 2.22. The Morgan fingerprint density at radius 3 is 3.00 bits per heavy atom. The molecule has 0 N–H and O–H groups in total. The number of fused-ring (bicyclic) bond motifs is 1. The van der Waals surface area contributed by atoms with Crippen LogP contribution in [0, 0.1) is 23.2 Å². The van der Waals surface area contributed by atoms with Crippen molar-refractivity contribution in [3.63, 3.8) is 0 Å². The van der Waals surface area contributed by atoms with Gasteiger partial charge >= 0.3 is 0 Å². The maximum atomic E-state index is 9.23. The summed E-state index contributed by atoms with van der Waals surface area (Å²) in [6.45, 7) is 3.31. The zero-order chi connectivity index (χ0) is 14.8. The zero-order valence-electron chi connectivity index (χ0n) is 12.3. The molecular formula is C17H20ClN3. The van der Waals surface area contributed by atoms with Gasteiger partial charge in [-0.05, 0) is 36.8 Å². The van der Waals surface area contributed by atoms with Crippen LogP contribution < -0.4 is 0 Å². The van der Waals surface area contributed by atoms with E-state index in [2.05, 4.69) is 22.5 Å². The van der Waals surface area contributed by atoms with Gasteiger partial charge in [0.2, 0.25) is 0 Å². The van der Waals surface area contributed by atoms with Gasteiger partial charge in [0, 0.05) is 6.54 Å². The van der Waals surface area contributed by atoms with Crippen molar-refractivity contribution in [1.82, 2.24) is 9.55 Å². The summed E-state index contributed by atoms with van der Waals surface area (Å²) in [5, 5.41) is 9.23. The first kappa shape index (κ1) is 14.4. The molecular weight excluding hydrogens is 282 g/mol. The van der Waals surface area contributed by atoms with Crippen LogP contribution in [0.2, 0.25) is 0 Å². The molecule has 1 aromatic carbocycles. The van der Waals surface area contributed by atoms with Crippen LogP contribution in [-0.2, 0) is 12.4 Å². The first-order valence-corrected chi connectivity index (χ1v) is 8.20. The molecule has 0 radical (unpaired) electrons. The smallest absolute Gasteiger partial charge is 0.124 e. The predicted octanol–water partition coefficient (Wildman–Crippen LogP) is 4.47. The van der Waals surface area contributed by atoms with Gasteiger partial charge in [-0.3, -0.25) is 0 Å². The minimum absolute atomic E-state index is 0.391. The Balaban J connectivity index is 1.99. The van der Waals surface area contributed by atoms with Gasteiger partial charge in [0.15, 0.2) is 0 Å². The maximum absolute atomic E-state index is 9.23. The lowest BCUT2D eigenvalue weighted by Gasteiger charge is -2.27. The van der Waals surface area contributed by atoms with Crippen molar-refractivity contribution in [3.05, 3.63) is 29.6 Å².